The molecule has 27 heavy (non-hydrogen) atoms. The molecule has 6 nitrogen and oxygen atoms in total. The number of H-pyrrole nitrogens is 1. The van der Waals surface area contributed by atoms with Gasteiger partial charge in [0.05, 0.1) is 19.1 Å². The number of hydrogen-bond donors (Lipinski definition) is 1. The van der Waals surface area contributed by atoms with E-state index in [1.807, 2.05) is 0 Å². The molecule has 1 saturated heterocycles. The van der Waals surface area contributed by atoms with Crippen LogP contribution in [0.25, 0.3) is 0 Å². The van der Waals surface area contributed by atoms with E-state index in [1.54, 1.807) is 24.3 Å². The molecule has 0 aliphatic carbocycles. The molecule has 3 unspecified atom stereocenters. The fourth-order valence-electron chi connectivity index (χ4n) is 2.72. The third-order valence-corrected chi connectivity index (χ3v) is 4.34. The van der Waals surface area contributed by atoms with Crippen molar-refractivity contribution < 1.29 is 31.8 Å². The van der Waals surface area contributed by atoms with Crippen molar-refractivity contribution in [2.45, 2.75) is 43.9 Å². The van der Waals surface area contributed by atoms with Crippen LogP contribution in [0.1, 0.15) is 18.3 Å². The average Bonchev–Trinajstić information content (AvgIpc) is 3.26. The normalized spacial score (nSPS) is 24.5. The van der Waals surface area contributed by atoms with Gasteiger partial charge >= 0.3 is 12.5 Å². The summed E-state index contributed by atoms with van der Waals surface area (Å²) in [6, 6.07) is 6.54. The molecule has 2 heterocycles. The topological polar surface area (TPSA) is 69.3 Å². The number of aromatic amines is 1. The first kappa shape index (κ1) is 20.0. The summed E-state index contributed by atoms with van der Waals surface area (Å²) in [5, 5.41) is 6.90. The van der Waals surface area contributed by atoms with Crippen LogP contribution in [-0.2, 0) is 26.4 Å². The number of benzene rings is 1. The Bertz CT molecular complexity index is 748. The number of aromatic nitrogens is 3. The molecule has 0 radical (unpaired) electrons. The molecule has 3 atom stereocenters. The summed E-state index contributed by atoms with van der Waals surface area (Å²) in [7, 11) is 0. The Hall–Kier alpha value is -1.75. The van der Waals surface area contributed by atoms with Gasteiger partial charge in [0, 0.05) is 10.6 Å². The summed E-state index contributed by atoms with van der Waals surface area (Å²) >= 11 is 5.90. The van der Waals surface area contributed by atoms with Crippen molar-refractivity contribution in [3.05, 3.63) is 47.0 Å². The number of alkyl halides is 4. The second kappa shape index (κ2) is 7.70. The van der Waals surface area contributed by atoms with Crippen molar-refractivity contribution in [3.8, 4) is 0 Å². The monoisotopic (exact) mass is 409 g/mol. The van der Waals surface area contributed by atoms with E-state index in [4.69, 9.17) is 21.1 Å². The van der Waals surface area contributed by atoms with E-state index in [-0.39, 0.29) is 13.0 Å². The third kappa shape index (κ3) is 4.40. The standard InChI is InChI=1S/C16H16ClF4N3O3/c1-9(26-16(20,21)14(18)19)12-7-25-15(27-12,6-13-22-8-23-24-13)10-2-4-11(17)5-3-10/h2-5,8-9,12,14H,6-7H2,1H3,(H,22,23,24). The van der Waals surface area contributed by atoms with Crippen LogP contribution in [0.2, 0.25) is 5.02 Å². The molecule has 11 heteroatoms. The summed E-state index contributed by atoms with van der Waals surface area (Å²) in [5.74, 6) is -0.955. The molecule has 0 spiro atoms. The van der Waals surface area contributed by atoms with Crippen LogP contribution >= 0.6 is 11.6 Å². The zero-order valence-corrected chi connectivity index (χ0v) is 14.8. The van der Waals surface area contributed by atoms with Crippen molar-refractivity contribution in [1.29, 1.82) is 0 Å². The molecule has 2 aromatic rings. The highest BCUT2D eigenvalue weighted by Crippen LogP contribution is 2.39. The Labute approximate surface area is 156 Å². The largest absolute Gasteiger partial charge is 0.416 e. The van der Waals surface area contributed by atoms with Crippen LogP contribution < -0.4 is 0 Å². The van der Waals surface area contributed by atoms with Crippen LogP contribution in [0.5, 0.6) is 0 Å². The fraction of sp³-hybridized carbons (Fsp3) is 0.500. The van der Waals surface area contributed by atoms with Crippen molar-refractivity contribution in [3.63, 3.8) is 0 Å². The molecule has 0 bridgehead atoms. The first-order valence-electron chi connectivity index (χ1n) is 7.98. The molecule has 148 valence electrons. The Morgan fingerprint density at radius 3 is 2.67 bits per heavy atom. The predicted molar refractivity (Wildman–Crippen MR) is 85.5 cm³/mol. The predicted octanol–water partition coefficient (Wildman–Crippen LogP) is 3.53. The molecule has 1 aliphatic heterocycles. The summed E-state index contributed by atoms with van der Waals surface area (Å²) in [6.07, 6.45) is -9.50. The molecule has 1 aromatic heterocycles. The van der Waals surface area contributed by atoms with Gasteiger partial charge in [-0.25, -0.2) is 13.8 Å². The second-order valence-electron chi connectivity index (χ2n) is 6.02. The quantitative estimate of drug-likeness (QED) is 0.708. The zero-order chi connectivity index (χ0) is 19.7. The number of hydrogen-bond acceptors (Lipinski definition) is 5. The lowest BCUT2D eigenvalue weighted by atomic mass is 10.0. The maximum absolute atomic E-state index is 13.2. The first-order valence-corrected chi connectivity index (χ1v) is 8.35. The van der Waals surface area contributed by atoms with Crippen LogP contribution in [0.4, 0.5) is 17.6 Å². The van der Waals surface area contributed by atoms with Crippen LogP contribution in [0.3, 0.4) is 0 Å². The molecule has 3 rings (SSSR count). The van der Waals surface area contributed by atoms with Crippen molar-refractivity contribution in [2.75, 3.05) is 6.61 Å². The van der Waals surface area contributed by atoms with Gasteiger partial charge in [-0.15, -0.1) is 0 Å². The third-order valence-electron chi connectivity index (χ3n) is 4.09. The highest BCUT2D eigenvalue weighted by Gasteiger charge is 2.50. The van der Waals surface area contributed by atoms with Crippen LogP contribution in [0.15, 0.2) is 30.6 Å². The van der Waals surface area contributed by atoms with Crippen molar-refractivity contribution in [1.82, 2.24) is 15.2 Å². The number of nitrogens with one attached hydrogen (secondary N) is 1. The minimum atomic E-state index is -4.58. The Morgan fingerprint density at radius 1 is 1.37 bits per heavy atom. The summed E-state index contributed by atoms with van der Waals surface area (Å²) in [4.78, 5) is 4.02. The highest BCUT2D eigenvalue weighted by atomic mass is 35.5. The smallest absolute Gasteiger partial charge is 0.343 e. The van der Waals surface area contributed by atoms with Gasteiger partial charge in [-0.05, 0) is 19.1 Å². The molecule has 0 saturated carbocycles. The van der Waals surface area contributed by atoms with Gasteiger partial charge in [0.1, 0.15) is 18.3 Å². The van der Waals surface area contributed by atoms with Gasteiger partial charge in [0.15, 0.2) is 0 Å². The van der Waals surface area contributed by atoms with Gasteiger partial charge < -0.3 is 14.2 Å². The number of rotatable bonds is 7. The van der Waals surface area contributed by atoms with E-state index in [0.29, 0.717) is 16.4 Å². The molecule has 1 N–H and O–H groups in total. The van der Waals surface area contributed by atoms with Gasteiger partial charge in [0.25, 0.3) is 0 Å². The molecule has 1 fully saturated rings. The average molecular weight is 410 g/mol. The number of nitrogens with zero attached hydrogens (tertiary/aromatic N) is 2. The molecule has 0 amide bonds. The van der Waals surface area contributed by atoms with Crippen molar-refractivity contribution in [2.24, 2.45) is 0 Å². The number of halogens is 5. The lowest BCUT2D eigenvalue weighted by molar-refractivity contribution is -0.327. The number of ether oxygens (including phenoxy) is 3. The second-order valence-corrected chi connectivity index (χ2v) is 6.46. The van der Waals surface area contributed by atoms with E-state index in [9.17, 15) is 17.6 Å². The lowest BCUT2D eigenvalue weighted by Gasteiger charge is -2.29. The van der Waals surface area contributed by atoms with E-state index < -0.39 is 30.5 Å². The Morgan fingerprint density at radius 2 is 2.07 bits per heavy atom. The minimum absolute atomic E-state index is 0.0864. The first-order chi connectivity index (χ1) is 12.7. The SMILES string of the molecule is CC(OC(F)(F)C(F)F)C1COC(Cc2ncn[nH]2)(c2ccc(Cl)cc2)O1. The van der Waals surface area contributed by atoms with Gasteiger partial charge in [-0.1, -0.05) is 23.7 Å². The van der Waals surface area contributed by atoms with E-state index in [2.05, 4.69) is 19.9 Å². The highest BCUT2D eigenvalue weighted by molar-refractivity contribution is 6.30. The zero-order valence-electron chi connectivity index (χ0n) is 14.0. The molecule has 1 aromatic carbocycles. The van der Waals surface area contributed by atoms with Gasteiger partial charge in [-0.2, -0.15) is 13.9 Å². The summed E-state index contributed by atoms with van der Waals surface area (Å²) in [5.41, 5.74) is 0.554. The fourth-order valence-corrected chi connectivity index (χ4v) is 2.85. The molecular weight excluding hydrogens is 394 g/mol. The van der Waals surface area contributed by atoms with Crippen molar-refractivity contribution >= 4 is 11.6 Å². The van der Waals surface area contributed by atoms with E-state index in [0.717, 1.165) is 0 Å². The lowest BCUT2D eigenvalue weighted by Crippen LogP contribution is -2.41. The van der Waals surface area contributed by atoms with Crippen LogP contribution in [-0.4, -0.2) is 46.5 Å². The summed E-state index contributed by atoms with van der Waals surface area (Å²) in [6.45, 7) is 1.08. The van der Waals surface area contributed by atoms with E-state index >= 15 is 0 Å². The minimum Gasteiger partial charge on any atom is -0.343 e. The molecule has 1 aliphatic rings. The Kier molecular flexibility index (Phi) is 5.71. The maximum atomic E-state index is 13.2. The van der Waals surface area contributed by atoms with Gasteiger partial charge in [0.2, 0.25) is 5.79 Å². The maximum Gasteiger partial charge on any atom is 0.416 e. The van der Waals surface area contributed by atoms with Gasteiger partial charge in [-0.3, -0.25) is 5.10 Å². The van der Waals surface area contributed by atoms with Crippen LogP contribution in [0, 0.1) is 0 Å². The Balaban J connectivity index is 1.82. The molecular formula is C16H16ClF4N3O3. The van der Waals surface area contributed by atoms with E-state index in [1.165, 1.54) is 13.3 Å². The summed E-state index contributed by atoms with van der Waals surface area (Å²) < 4.78 is 67.1.